The highest BCUT2D eigenvalue weighted by Crippen LogP contribution is 2.31. The summed E-state index contributed by atoms with van der Waals surface area (Å²) in [6.07, 6.45) is 25.6. The smallest absolute Gasteiger partial charge is 0.266 e. The Labute approximate surface area is 198 Å². The van der Waals surface area contributed by atoms with Gasteiger partial charge in [0.2, 0.25) is 0 Å². The molecule has 2 aliphatic rings. The SMILES string of the molecule is CCCCCCCCCN1C=CC(=CC=C(C#N)C(=O)Nc2ccccc2)C2C=CC=CC21. The number of rotatable bonds is 11. The zero-order valence-corrected chi connectivity index (χ0v) is 19.6. The van der Waals surface area contributed by atoms with Gasteiger partial charge in [-0.2, -0.15) is 5.26 Å². The Morgan fingerprint density at radius 2 is 1.79 bits per heavy atom. The summed E-state index contributed by atoms with van der Waals surface area (Å²) in [6, 6.07) is 11.5. The number of fused-ring (bicyclic) bond motifs is 1. The molecule has 1 aliphatic carbocycles. The molecule has 1 aromatic carbocycles. The molecule has 4 heteroatoms. The Balaban J connectivity index is 1.62. The minimum Gasteiger partial charge on any atom is -0.370 e. The van der Waals surface area contributed by atoms with Crippen molar-refractivity contribution in [3.05, 3.63) is 90.2 Å². The van der Waals surface area contributed by atoms with Gasteiger partial charge in [0, 0.05) is 18.2 Å². The molecule has 1 N–H and O–H groups in total. The molecule has 1 aliphatic heterocycles. The first-order valence-corrected chi connectivity index (χ1v) is 12.2. The van der Waals surface area contributed by atoms with Crippen LogP contribution >= 0.6 is 0 Å². The van der Waals surface area contributed by atoms with Gasteiger partial charge >= 0.3 is 0 Å². The van der Waals surface area contributed by atoms with E-state index < -0.39 is 5.91 Å². The second-order valence-electron chi connectivity index (χ2n) is 8.64. The highest BCUT2D eigenvalue weighted by atomic mass is 16.1. The Bertz CT molecular complexity index is 962. The molecule has 0 fully saturated rings. The van der Waals surface area contributed by atoms with Gasteiger partial charge < -0.3 is 10.2 Å². The van der Waals surface area contributed by atoms with Crippen LogP contribution in [-0.4, -0.2) is 23.4 Å². The fourth-order valence-corrected chi connectivity index (χ4v) is 4.32. The van der Waals surface area contributed by atoms with E-state index in [-0.39, 0.29) is 17.5 Å². The van der Waals surface area contributed by atoms with Gasteiger partial charge in [0.1, 0.15) is 11.6 Å². The Morgan fingerprint density at radius 1 is 1.06 bits per heavy atom. The number of benzene rings is 1. The number of carbonyl (C=O) groups excluding carboxylic acids is 1. The monoisotopic (exact) mass is 441 g/mol. The molecule has 0 saturated carbocycles. The van der Waals surface area contributed by atoms with Crippen LogP contribution in [0.2, 0.25) is 0 Å². The normalized spacial score (nSPS) is 20.5. The van der Waals surface area contributed by atoms with Gasteiger partial charge in [-0.3, -0.25) is 4.79 Å². The topological polar surface area (TPSA) is 56.1 Å². The van der Waals surface area contributed by atoms with Crippen LogP contribution in [0.5, 0.6) is 0 Å². The lowest BCUT2D eigenvalue weighted by atomic mass is 9.84. The van der Waals surface area contributed by atoms with Crippen molar-refractivity contribution in [3.63, 3.8) is 0 Å². The molecular weight excluding hydrogens is 406 g/mol. The summed E-state index contributed by atoms with van der Waals surface area (Å²) < 4.78 is 0. The molecule has 33 heavy (non-hydrogen) atoms. The van der Waals surface area contributed by atoms with E-state index >= 15 is 0 Å². The second kappa shape index (κ2) is 13.3. The van der Waals surface area contributed by atoms with Gasteiger partial charge in [0.25, 0.3) is 5.91 Å². The van der Waals surface area contributed by atoms with Crippen molar-refractivity contribution >= 4 is 11.6 Å². The lowest BCUT2D eigenvalue weighted by Gasteiger charge is -2.38. The number of unbranched alkanes of at least 4 members (excludes halogenated alkanes) is 6. The van der Waals surface area contributed by atoms with Crippen LogP contribution in [-0.2, 0) is 4.79 Å². The lowest BCUT2D eigenvalue weighted by molar-refractivity contribution is -0.112. The highest BCUT2D eigenvalue weighted by Gasteiger charge is 2.28. The predicted octanol–water partition coefficient (Wildman–Crippen LogP) is 6.69. The molecule has 0 saturated heterocycles. The van der Waals surface area contributed by atoms with Crippen molar-refractivity contribution in [2.75, 3.05) is 11.9 Å². The molecule has 3 rings (SSSR count). The van der Waals surface area contributed by atoms with Gasteiger partial charge in [0.15, 0.2) is 0 Å². The number of anilines is 1. The molecule has 4 nitrogen and oxygen atoms in total. The summed E-state index contributed by atoms with van der Waals surface area (Å²) in [5.41, 5.74) is 1.88. The maximum absolute atomic E-state index is 12.5. The van der Waals surface area contributed by atoms with Crippen molar-refractivity contribution in [1.29, 1.82) is 5.26 Å². The fourth-order valence-electron chi connectivity index (χ4n) is 4.32. The number of hydrogen-bond donors (Lipinski definition) is 1. The zero-order valence-electron chi connectivity index (χ0n) is 19.6. The third-order valence-electron chi connectivity index (χ3n) is 6.19. The van der Waals surface area contributed by atoms with E-state index in [4.69, 9.17) is 0 Å². The Morgan fingerprint density at radius 3 is 2.55 bits per heavy atom. The largest absolute Gasteiger partial charge is 0.370 e. The molecule has 2 unspecified atom stereocenters. The third-order valence-corrected chi connectivity index (χ3v) is 6.19. The van der Waals surface area contributed by atoms with Crippen molar-refractivity contribution in [1.82, 2.24) is 4.90 Å². The summed E-state index contributed by atoms with van der Waals surface area (Å²) in [4.78, 5) is 14.9. The van der Waals surface area contributed by atoms with Gasteiger partial charge in [-0.15, -0.1) is 0 Å². The number of nitriles is 1. The average Bonchev–Trinajstić information content (AvgIpc) is 2.85. The zero-order chi connectivity index (χ0) is 23.3. The quantitative estimate of drug-likeness (QED) is 0.236. The Kier molecular flexibility index (Phi) is 9.79. The van der Waals surface area contributed by atoms with Crippen LogP contribution in [0.25, 0.3) is 0 Å². The first-order valence-electron chi connectivity index (χ1n) is 12.2. The van der Waals surface area contributed by atoms with Gasteiger partial charge in [0.05, 0.1) is 6.04 Å². The number of carbonyl (C=O) groups is 1. The minimum atomic E-state index is -0.392. The van der Waals surface area contributed by atoms with Crippen LogP contribution < -0.4 is 5.32 Å². The summed E-state index contributed by atoms with van der Waals surface area (Å²) in [5.74, 6) is -0.172. The molecule has 0 bridgehead atoms. The standard InChI is InChI=1S/C29H35N3O/c1-2-3-4-5-6-7-13-21-32-22-20-24(27-16-11-12-17-28(27)32)18-19-25(23-30)29(33)31-26-14-9-8-10-15-26/h8-12,14-20,22,27-28H,2-7,13,21H2,1H3,(H,31,33). The second-order valence-corrected chi connectivity index (χ2v) is 8.64. The lowest BCUT2D eigenvalue weighted by Crippen LogP contribution is -2.39. The van der Waals surface area contributed by atoms with Crippen molar-refractivity contribution < 1.29 is 4.79 Å². The number of nitrogens with one attached hydrogen (secondary N) is 1. The molecule has 0 radical (unpaired) electrons. The molecule has 2 atom stereocenters. The van der Waals surface area contributed by atoms with E-state index in [9.17, 15) is 10.1 Å². The van der Waals surface area contributed by atoms with Crippen LogP contribution in [0.3, 0.4) is 0 Å². The summed E-state index contributed by atoms with van der Waals surface area (Å²) in [6.45, 7) is 3.31. The number of amides is 1. The van der Waals surface area contributed by atoms with Gasteiger partial charge in [-0.1, -0.05) is 94.0 Å². The molecule has 1 heterocycles. The van der Waals surface area contributed by atoms with Crippen LogP contribution in [0.4, 0.5) is 5.69 Å². The van der Waals surface area contributed by atoms with E-state index in [0.717, 1.165) is 12.1 Å². The van der Waals surface area contributed by atoms with Crippen LogP contribution in [0.15, 0.2) is 90.2 Å². The number of allylic oxidation sites excluding steroid dienone is 5. The number of hydrogen-bond acceptors (Lipinski definition) is 3. The molecule has 1 aromatic rings. The van der Waals surface area contributed by atoms with Crippen molar-refractivity contribution in [2.24, 2.45) is 5.92 Å². The van der Waals surface area contributed by atoms with Crippen molar-refractivity contribution in [2.45, 2.75) is 57.9 Å². The van der Waals surface area contributed by atoms with E-state index in [1.807, 2.05) is 30.3 Å². The van der Waals surface area contributed by atoms with E-state index in [2.05, 4.69) is 53.7 Å². The van der Waals surface area contributed by atoms with Crippen molar-refractivity contribution in [3.8, 4) is 6.07 Å². The van der Waals surface area contributed by atoms with E-state index in [1.165, 1.54) is 44.9 Å². The third kappa shape index (κ3) is 7.36. The average molecular weight is 442 g/mol. The molecule has 0 spiro atoms. The predicted molar refractivity (Wildman–Crippen MR) is 136 cm³/mol. The highest BCUT2D eigenvalue weighted by molar-refractivity contribution is 6.06. The Hall–Kier alpha value is -3.32. The maximum Gasteiger partial charge on any atom is 0.266 e. The van der Waals surface area contributed by atoms with Crippen LogP contribution in [0, 0.1) is 17.2 Å². The van der Waals surface area contributed by atoms with E-state index in [0.29, 0.717) is 5.69 Å². The van der Waals surface area contributed by atoms with Crippen LogP contribution in [0.1, 0.15) is 51.9 Å². The molecule has 172 valence electrons. The number of nitrogens with zero attached hydrogens (tertiary/aromatic N) is 2. The summed E-state index contributed by atoms with van der Waals surface area (Å²) in [5, 5.41) is 12.3. The molecular formula is C29H35N3O. The molecule has 0 aromatic heterocycles. The first-order chi connectivity index (χ1) is 16.2. The summed E-state index contributed by atoms with van der Waals surface area (Å²) >= 11 is 0. The van der Waals surface area contributed by atoms with Gasteiger partial charge in [-0.25, -0.2) is 0 Å². The van der Waals surface area contributed by atoms with E-state index in [1.54, 1.807) is 18.2 Å². The summed E-state index contributed by atoms with van der Waals surface area (Å²) in [7, 11) is 0. The minimum absolute atomic E-state index is 0.0946. The maximum atomic E-state index is 12.5. The van der Waals surface area contributed by atoms with Gasteiger partial charge in [-0.05, 0) is 42.5 Å². The molecule has 1 amide bonds. The fraction of sp³-hybridized carbons (Fsp3) is 0.379. The number of para-hydroxylation sites is 1. The first kappa shape index (κ1) is 24.3.